The molecule has 0 atom stereocenters. The van der Waals surface area contributed by atoms with Gasteiger partial charge in [-0.2, -0.15) is 0 Å². The number of hydrogen-bond donors (Lipinski definition) is 0. The minimum absolute atomic E-state index is 0.697. The van der Waals surface area contributed by atoms with E-state index in [4.69, 9.17) is 23.2 Å². The first-order valence-corrected chi connectivity index (χ1v) is 6.18. The zero-order chi connectivity index (χ0) is 9.45. The number of alkyl halides is 3. The molecule has 0 aromatic carbocycles. The molecule has 0 bridgehead atoms. The second-order valence-corrected chi connectivity index (χ2v) is 6.88. The molecule has 0 nitrogen and oxygen atoms in total. The zero-order valence-electron chi connectivity index (χ0n) is 7.58. The highest BCUT2D eigenvalue weighted by Gasteiger charge is 2.17. The van der Waals surface area contributed by atoms with Crippen LogP contribution in [0.15, 0.2) is 0 Å². The third-order valence-corrected chi connectivity index (χ3v) is 2.59. The molecule has 0 N–H and O–H groups in total. The molecule has 0 radical (unpaired) electrons. The first kappa shape index (κ1) is 13.1. The van der Waals surface area contributed by atoms with Gasteiger partial charge in [-0.05, 0) is 28.8 Å². The van der Waals surface area contributed by atoms with Gasteiger partial charge in [0, 0.05) is 0 Å². The van der Waals surface area contributed by atoms with Crippen LogP contribution in [0.2, 0.25) is 0 Å². The number of unbranched alkanes of at least 4 members (excludes halogenated alkanes) is 5. The lowest BCUT2D eigenvalue weighted by Crippen LogP contribution is -1.99. The molecule has 12 heavy (non-hydrogen) atoms. The van der Waals surface area contributed by atoms with Crippen molar-refractivity contribution in [1.29, 1.82) is 0 Å². The second kappa shape index (κ2) is 7.46. The van der Waals surface area contributed by atoms with Gasteiger partial charge in [-0.3, -0.25) is 0 Å². The lowest BCUT2D eigenvalue weighted by molar-refractivity contribution is 0.595. The molecule has 0 aliphatic rings. The van der Waals surface area contributed by atoms with Gasteiger partial charge in [0.25, 0.3) is 0 Å². The standard InChI is InChI=1S/C9H17BrCl2/c1-2-3-4-5-6-7-8-9(10,11)12/h2-8H2,1H3. The first-order chi connectivity index (χ1) is 5.56. The van der Waals surface area contributed by atoms with E-state index in [0.717, 1.165) is 12.8 Å². The van der Waals surface area contributed by atoms with Crippen LogP contribution in [-0.2, 0) is 0 Å². The number of rotatable bonds is 7. The summed E-state index contributed by atoms with van der Waals surface area (Å²) in [6, 6.07) is 0. The minimum atomic E-state index is -0.697. The fraction of sp³-hybridized carbons (Fsp3) is 1.00. The molecular formula is C9H17BrCl2. The maximum absolute atomic E-state index is 5.76. The summed E-state index contributed by atoms with van der Waals surface area (Å²) in [6.07, 6.45) is 8.49. The Hall–Kier alpha value is 1.06. The summed E-state index contributed by atoms with van der Waals surface area (Å²) in [5.74, 6) is 0. The van der Waals surface area contributed by atoms with E-state index in [0.29, 0.717) is 0 Å². The average molecular weight is 276 g/mol. The Morgan fingerprint density at radius 1 is 1.00 bits per heavy atom. The van der Waals surface area contributed by atoms with Crippen molar-refractivity contribution in [3.8, 4) is 0 Å². The molecule has 3 heteroatoms. The molecule has 0 aromatic rings. The highest BCUT2D eigenvalue weighted by atomic mass is 79.9. The smallest absolute Gasteiger partial charge is 0.0888 e. The normalized spacial score (nSPS) is 12.0. The summed E-state index contributed by atoms with van der Waals surface area (Å²) in [5, 5.41) is 0. The van der Waals surface area contributed by atoms with Crippen LogP contribution in [0.4, 0.5) is 0 Å². The lowest BCUT2D eigenvalue weighted by Gasteiger charge is -2.09. The Labute approximate surface area is 94.1 Å². The third kappa shape index (κ3) is 11.1. The van der Waals surface area contributed by atoms with E-state index in [1.54, 1.807) is 0 Å². The molecule has 0 aromatic heterocycles. The van der Waals surface area contributed by atoms with Crippen molar-refractivity contribution >= 4 is 39.1 Å². The maximum Gasteiger partial charge on any atom is 0.172 e. The van der Waals surface area contributed by atoms with Crippen LogP contribution in [-0.4, -0.2) is 3.24 Å². The van der Waals surface area contributed by atoms with Crippen molar-refractivity contribution in [2.24, 2.45) is 0 Å². The Bertz CT molecular complexity index is 99.2. The molecule has 74 valence electrons. The van der Waals surface area contributed by atoms with E-state index in [1.165, 1.54) is 32.1 Å². The average Bonchev–Trinajstić information content (AvgIpc) is 1.94. The number of hydrogen-bond acceptors (Lipinski definition) is 0. The molecule has 0 amide bonds. The van der Waals surface area contributed by atoms with Gasteiger partial charge in [-0.25, -0.2) is 0 Å². The van der Waals surface area contributed by atoms with Crippen molar-refractivity contribution in [3.63, 3.8) is 0 Å². The molecule has 0 aliphatic heterocycles. The van der Waals surface area contributed by atoms with Crippen LogP contribution >= 0.6 is 39.1 Å². The minimum Gasteiger partial charge on any atom is -0.0888 e. The third-order valence-electron chi connectivity index (χ3n) is 1.81. The summed E-state index contributed by atoms with van der Waals surface area (Å²) < 4.78 is -0.697. The largest absolute Gasteiger partial charge is 0.172 e. The van der Waals surface area contributed by atoms with Crippen molar-refractivity contribution in [1.82, 2.24) is 0 Å². The highest BCUT2D eigenvalue weighted by Crippen LogP contribution is 2.34. The molecular weight excluding hydrogens is 259 g/mol. The Balaban J connectivity index is 3.01. The predicted octanol–water partition coefficient (Wildman–Crippen LogP) is 5.26. The van der Waals surface area contributed by atoms with E-state index in [9.17, 15) is 0 Å². The molecule has 0 fully saturated rings. The summed E-state index contributed by atoms with van der Waals surface area (Å²) >= 11 is 14.7. The molecule has 0 saturated carbocycles. The molecule has 0 spiro atoms. The molecule has 0 unspecified atom stereocenters. The highest BCUT2D eigenvalue weighted by molar-refractivity contribution is 9.11. The Morgan fingerprint density at radius 2 is 1.50 bits per heavy atom. The van der Waals surface area contributed by atoms with Gasteiger partial charge in [0.2, 0.25) is 0 Å². The van der Waals surface area contributed by atoms with Gasteiger partial charge in [0.05, 0.1) is 0 Å². The van der Waals surface area contributed by atoms with Crippen molar-refractivity contribution < 1.29 is 0 Å². The second-order valence-electron chi connectivity index (χ2n) is 3.13. The van der Waals surface area contributed by atoms with Crippen molar-refractivity contribution in [2.75, 3.05) is 0 Å². The first-order valence-electron chi connectivity index (χ1n) is 4.63. The topological polar surface area (TPSA) is 0 Å². The van der Waals surface area contributed by atoms with E-state index in [1.807, 2.05) is 0 Å². The van der Waals surface area contributed by atoms with Crippen molar-refractivity contribution in [2.45, 2.75) is 55.1 Å². The van der Waals surface area contributed by atoms with Crippen molar-refractivity contribution in [3.05, 3.63) is 0 Å². The van der Waals surface area contributed by atoms with E-state index >= 15 is 0 Å². The predicted molar refractivity (Wildman–Crippen MR) is 61.4 cm³/mol. The van der Waals surface area contributed by atoms with Crippen LogP contribution in [0.5, 0.6) is 0 Å². The lowest BCUT2D eigenvalue weighted by atomic mass is 10.1. The molecule has 0 rings (SSSR count). The molecule has 0 saturated heterocycles. The summed E-state index contributed by atoms with van der Waals surface area (Å²) in [6.45, 7) is 2.22. The summed E-state index contributed by atoms with van der Waals surface area (Å²) in [5.41, 5.74) is 0. The zero-order valence-corrected chi connectivity index (χ0v) is 10.7. The molecule has 0 aliphatic carbocycles. The number of halogens is 3. The van der Waals surface area contributed by atoms with Crippen LogP contribution in [0.25, 0.3) is 0 Å². The van der Waals surface area contributed by atoms with Gasteiger partial charge in [0.1, 0.15) is 0 Å². The van der Waals surface area contributed by atoms with Gasteiger partial charge < -0.3 is 0 Å². The Kier molecular flexibility index (Phi) is 8.12. The fourth-order valence-electron chi connectivity index (χ4n) is 1.11. The van der Waals surface area contributed by atoms with Gasteiger partial charge in [-0.1, -0.05) is 62.2 Å². The van der Waals surface area contributed by atoms with E-state index < -0.39 is 3.24 Å². The summed E-state index contributed by atoms with van der Waals surface area (Å²) in [7, 11) is 0. The van der Waals surface area contributed by atoms with Crippen LogP contribution < -0.4 is 0 Å². The monoisotopic (exact) mass is 274 g/mol. The van der Waals surface area contributed by atoms with Crippen LogP contribution in [0.1, 0.15) is 51.9 Å². The van der Waals surface area contributed by atoms with Gasteiger partial charge in [-0.15, -0.1) is 0 Å². The SMILES string of the molecule is CCCCCCCCC(Cl)(Cl)Br. The van der Waals surface area contributed by atoms with E-state index in [-0.39, 0.29) is 0 Å². The Morgan fingerprint density at radius 3 is 2.00 bits per heavy atom. The van der Waals surface area contributed by atoms with Gasteiger partial charge >= 0.3 is 0 Å². The molecule has 0 heterocycles. The summed E-state index contributed by atoms with van der Waals surface area (Å²) in [4.78, 5) is 0. The van der Waals surface area contributed by atoms with Gasteiger partial charge in [0.15, 0.2) is 3.24 Å². The van der Waals surface area contributed by atoms with Crippen LogP contribution in [0, 0.1) is 0 Å². The van der Waals surface area contributed by atoms with Crippen LogP contribution in [0.3, 0.4) is 0 Å². The quantitative estimate of drug-likeness (QED) is 0.439. The maximum atomic E-state index is 5.76. The van der Waals surface area contributed by atoms with E-state index in [2.05, 4.69) is 22.9 Å². The fourth-order valence-corrected chi connectivity index (χ4v) is 1.65.